The third-order valence-electron chi connectivity index (χ3n) is 5.63. The largest absolute Gasteiger partial charge is 0.344 e. The van der Waals surface area contributed by atoms with E-state index in [0.717, 1.165) is 5.56 Å². The number of ether oxygens (including phenoxy) is 2. The number of hydrogen-bond acceptors (Lipinski definition) is 7. The molecule has 31 heavy (non-hydrogen) atoms. The SMILES string of the molecule is Cc1ccc(S(=O)(=O)N/N=C2\C[C@@H](N3C(=O)c4ccccc4C3=O)[C@H]3CO[C@H]2O3)cc1. The first-order valence-corrected chi connectivity index (χ1v) is 11.2. The van der Waals surface area contributed by atoms with Crippen LogP contribution in [0.5, 0.6) is 0 Å². The summed E-state index contributed by atoms with van der Waals surface area (Å²) in [5.41, 5.74) is 1.88. The van der Waals surface area contributed by atoms with Gasteiger partial charge in [-0.2, -0.15) is 18.4 Å². The van der Waals surface area contributed by atoms with Gasteiger partial charge in [0.05, 0.1) is 34.4 Å². The zero-order valence-electron chi connectivity index (χ0n) is 16.5. The molecule has 0 unspecified atom stereocenters. The molecule has 3 atom stereocenters. The van der Waals surface area contributed by atoms with Crippen molar-refractivity contribution in [2.24, 2.45) is 5.10 Å². The summed E-state index contributed by atoms with van der Waals surface area (Å²) >= 11 is 0. The molecule has 2 bridgehead atoms. The van der Waals surface area contributed by atoms with Gasteiger partial charge in [0, 0.05) is 6.42 Å². The van der Waals surface area contributed by atoms with Gasteiger partial charge in [0.15, 0.2) is 6.29 Å². The van der Waals surface area contributed by atoms with E-state index in [0.29, 0.717) is 11.1 Å². The Morgan fingerprint density at radius 3 is 2.32 bits per heavy atom. The van der Waals surface area contributed by atoms with E-state index in [1.54, 1.807) is 36.4 Å². The lowest BCUT2D eigenvalue weighted by atomic mass is 10.0. The van der Waals surface area contributed by atoms with Gasteiger partial charge >= 0.3 is 0 Å². The maximum Gasteiger partial charge on any atom is 0.276 e. The van der Waals surface area contributed by atoms with Gasteiger partial charge in [-0.05, 0) is 31.2 Å². The van der Waals surface area contributed by atoms with Gasteiger partial charge in [0.25, 0.3) is 21.8 Å². The quantitative estimate of drug-likeness (QED) is 0.567. The maximum absolute atomic E-state index is 12.9. The minimum Gasteiger partial charge on any atom is -0.344 e. The number of sulfonamides is 1. The molecular weight excluding hydrogens is 422 g/mol. The lowest BCUT2D eigenvalue weighted by molar-refractivity contribution is -0.0376. The summed E-state index contributed by atoms with van der Waals surface area (Å²) in [7, 11) is -3.89. The lowest BCUT2D eigenvalue weighted by Gasteiger charge is -2.33. The number of aryl methyl sites for hydroxylation is 1. The van der Waals surface area contributed by atoms with Crippen LogP contribution < -0.4 is 4.83 Å². The van der Waals surface area contributed by atoms with Crippen molar-refractivity contribution in [2.45, 2.75) is 36.7 Å². The molecule has 0 radical (unpaired) electrons. The first kappa shape index (κ1) is 19.9. The summed E-state index contributed by atoms with van der Waals surface area (Å²) < 4.78 is 36.5. The number of nitrogens with zero attached hydrogens (tertiary/aromatic N) is 2. The van der Waals surface area contributed by atoms with Crippen molar-refractivity contribution in [3.05, 3.63) is 65.2 Å². The highest BCUT2D eigenvalue weighted by atomic mass is 32.2. The van der Waals surface area contributed by atoms with E-state index in [1.807, 2.05) is 6.92 Å². The number of carbonyl (C=O) groups is 2. The standard InChI is InChI=1S/C21H19N3O6S/c1-12-6-8-13(9-7-12)31(27,28)23-22-16-10-17(18-11-29-21(16)30-18)24-19(25)14-4-2-3-5-15(14)20(24)26/h2-9,17-18,21,23H,10-11H2,1H3/b22-16+/t17-,18-,21+/m1/s1. The first-order valence-electron chi connectivity index (χ1n) is 9.74. The van der Waals surface area contributed by atoms with Gasteiger partial charge in [-0.1, -0.05) is 29.8 Å². The highest BCUT2D eigenvalue weighted by Crippen LogP contribution is 2.34. The molecule has 3 aliphatic heterocycles. The number of nitrogens with one attached hydrogen (secondary N) is 1. The Balaban J connectivity index is 1.40. The van der Waals surface area contributed by atoms with Crippen LogP contribution >= 0.6 is 0 Å². The second kappa shape index (κ2) is 7.26. The summed E-state index contributed by atoms with van der Waals surface area (Å²) in [5, 5.41) is 4.03. The molecule has 5 rings (SSSR count). The van der Waals surface area contributed by atoms with Gasteiger partial charge < -0.3 is 9.47 Å². The van der Waals surface area contributed by atoms with Crippen molar-refractivity contribution in [3.8, 4) is 0 Å². The molecule has 2 aromatic carbocycles. The highest BCUT2D eigenvalue weighted by Gasteiger charge is 2.50. The molecular formula is C21H19N3O6S. The van der Waals surface area contributed by atoms with Crippen LogP contribution in [0.1, 0.15) is 32.7 Å². The van der Waals surface area contributed by atoms with E-state index in [2.05, 4.69) is 9.93 Å². The number of imide groups is 1. The number of carbonyl (C=O) groups excluding carboxylic acids is 2. The van der Waals surface area contributed by atoms with Crippen LogP contribution in [0.2, 0.25) is 0 Å². The number of hydrazone groups is 1. The first-order chi connectivity index (χ1) is 14.8. The number of fused-ring (bicyclic) bond motifs is 3. The Morgan fingerprint density at radius 2 is 1.68 bits per heavy atom. The van der Waals surface area contributed by atoms with E-state index in [-0.39, 0.29) is 23.6 Å². The highest BCUT2D eigenvalue weighted by molar-refractivity contribution is 7.89. The van der Waals surface area contributed by atoms with E-state index in [9.17, 15) is 18.0 Å². The summed E-state index contributed by atoms with van der Waals surface area (Å²) in [4.78, 5) is 29.2. The van der Waals surface area contributed by atoms with Crippen molar-refractivity contribution >= 4 is 27.5 Å². The smallest absolute Gasteiger partial charge is 0.276 e. The average molecular weight is 441 g/mol. The summed E-state index contributed by atoms with van der Waals surface area (Å²) in [6.45, 7) is 2.03. The van der Waals surface area contributed by atoms with E-state index in [1.165, 1.54) is 17.0 Å². The molecule has 160 valence electrons. The molecule has 2 saturated heterocycles. The Kier molecular flexibility index (Phi) is 4.65. The van der Waals surface area contributed by atoms with Gasteiger partial charge in [0.1, 0.15) is 6.10 Å². The normalized spacial score (nSPS) is 26.4. The van der Waals surface area contributed by atoms with Crippen molar-refractivity contribution in [1.29, 1.82) is 0 Å². The van der Waals surface area contributed by atoms with Crippen molar-refractivity contribution in [2.75, 3.05) is 6.61 Å². The zero-order chi connectivity index (χ0) is 21.8. The fourth-order valence-corrected chi connectivity index (χ4v) is 4.83. The number of rotatable bonds is 4. The van der Waals surface area contributed by atoms with Crippen LogP contribution in [0.3, 0.4) is 0 Å². The number of amides is 2. The molecule has 2 fully saturated rings. The third-order valence-corrected chi connectivity index (χ3v) is 6.85. The van der Waals surface area contributed by atoms with E-state index in [4.69, 9.17) is 9.47 Å². The molecule has 9 nitrogen and oxygen atoms in total. The Bertz CT molecular complexity index is 1170. The van der Waals surface area contributed by atoms with E-state index < -0.39 is 40.3 Å². The minimum atomic E-state index is -3.89. The topological polar surface area (TPSA) is 114 Å². The van der Waals surface area contributed by atoms with E-state index >= 15 is 0 Å². The molecule has 2 aromatic rings. The monoisotopic (exact) mass is 441 g/mol. The van der Waals surface area contributed by atoms with Crippen molar-refractivity contribution in [3.63, 3.8) is 0 Å². The Morgan fingerprint density at radius 1 is 1.03 bits per heavy atom. The molecule has 0 saturated carbocycles. The summed E-state index contributed by atoms with van der Waals surface area (Å²) in [6.07, 6.45) is -1.17. The maximum atomic E-state index is 12.9. The number of benzene rings is 2. The molecule has 2 amide bonds. The molecule has 1 N–H and O–H groups in total. The third kappa shape index (κ3) is 3.32. The van der Waals surface area contributed by atoms with Crippen LogP contribution in [0.4, 0.5) is 0 Å². The molecule has 0 aromatic heterocycles. The van der Waals surface area contributed by atoms with Gasteiger partial charge in [0.2, 0.25) is 0 Å². The second-order valence-corrected chi connectivity index (χ2v) is 9.31. The fraction of sp³-hybridized carbons (Fsp3) is 0.286. The van der Waals surface area contributed by atoms with Gasteiger partial charge in [-0.25, -0.2) is 0 Å². The predicted octanol–water partition coefficient (Wildman–Crippen LogP) is 1.44. The predicted molar refractivity (Wildman–Crippen MR) is 109 cm³/mol. The zero-order valence-corrected chi connectivity index (χ0v) is 17.3. The van der Waals surface area contributed by atoms with Crippen LogP contribution in [-0.4, -0.2) is 55.9 Å². The van der Waals surface area contributed by atoms with Gasteiger partial charge in [-0.15, -0.1) is 0 Å². The van der Waals surface area contributed by atoms with Crippen molar-refractivity contribution < 1.29 is 27.5 Å². The van der Waals surface area contributed by atoms with Crippen LogP contribution in [0.15, 0.2) is 58.5 Å². The van der Waals surface area contributed by atoms with Crippen molar-refractivity contribution in [1.82, 2.24) is 9.73 Å². The minimum absolute atomic E-state index is 0.0706. The van der Waals surface area contributed by atoms with Crippen LogP contribution in [-0.2, 0) is 19.5 Å². The molecule has 3 aliphatic rings. The van der Waals surface area contributed by atoms with Crippen LogP contribution in [0, 0.1) is 6.92 Å². The van der Waals surface area contributed by atoms with Gasteiger partial charge in [-0.3, -0.25) is 14.5 Å². The summed E-state index contributed by atoms with van der Waals surface area (Å²) in [5.74, 6) is -0.807. The molecule has 10 heteroatoms. The molecule has 0 spiro atoms. The number of hydrogen-bond donors (Lipinski definition) is 1. The lowest BCUT2D eigenvalue weighted by Crippen LogP contribution is -2.52. The fourth-order valence-electron chi connectivity index (χ4n) is 3.99. The Hall–Kier alpha value is -3.08. The average Bonchev–Trinajstić information content (AvgIpc) is 3.29. The Labute approximate surface area is 178 Å². The summed E-state index contributed by atoms with van der Waals surface area (Å²) in [6, 6.07) is 12.3. The molecule has 0 aliphatic carbocycles. The van der Waals surface area contributed by atoms with Crippen LogP contribution in [0.25, 0.3) is 0 Å². The molecule has 3 heterocycles. The second-order valence-electron chi connectivity index (χ2n) is 7.65.